The van der Waals surface area contributed by atoms with E-state index in [-0.39, 0.29) is 6.10 Å². The maximum Gasteiger partial charge on any atom is 0.0575 e. The minimum atomic E-state index is -0.125. The van der Waals surface area contributed by atoms with Gasteiger partial charge in [0.1, 0.15) is 0 Å². The average molecular weight is 186 g/mol. The molecule has 0 unspecified atom stereocenters. The first kappa shape index (κ1) is 13.0. The van der Waals surface area contributed by atoms with Gasteiger partial charge in [0.15, 0.2) is 0 Å². The molecule has 0 saturated carbocycles. The Balaban J connectivity index is 4.20. The normalized spacial score (nSPS) is 15.0. The molecule has 0 spiro atoms. The van der Waals surface area contributed by atoms with E-state index in [0.29, 0.717) is 23.7 Å². The molecule has 0 heterocycles. The van der Waals surface area contributed by atoms with Crippen LogP contribution in [0.2, 0.25) is 0 Å². The number of rotatable bonds is 5. The van der Waals surface area contributed by atoms with E-state index in [2.05, 4.69) is 41.5 Å². The molecule has 0 aromatic heterocycles. The SMILES string of the molecule is CC(C)C[C@H](O)C(C(C)C)C(C)C. The van der Waals surface area contributed by atoms with Gasteiger partial charge in [0.2, 0.25) is 0 Å². The maximum atomic E-state index is 10.0. The van der Waals surface area contributed by atoms with Crippen molar-refractivity contribution in [1.29, 1.82) is 0 Å². The van der Waals surface area contributed by atoms with Gasteiger partial charge in [0.05, 0.1) is 6.10 Å². The zero-order valence-corrected chi connectivity index (χ0v) is 10.0. The van der Waals surface area contributed by atoms with Crippen LogP contribution in [-0.4, -0.2) is 11.2 Å². The van der Waals surface area contributed by atoms with Crippen LogP contribution in [-0.2, 0) is 0 Å². The smallest absolute Gasteiger partial charge is 0.0575 e. The first-order chi connectivity index (χ1) is 5.86. The van der Waals surface area contributed by atoms with Crippen LogP contribution < -0.4 is 0 Å². The molecule has 0 fully saturated rings. The van der Waals surface area contributed by atoms with Crippen LogP contribution in [0.5, 0.6) is 0 Å². The molecule has 80 valence electrons. The summed E-state index contributed by atoms with van der Waals surface area (Å²) in [5.41, 5.74) is 0. The van der Waals surface area contributed by atoms with Crippen molar-refractivity contribution in [2.75, 3.05) is 0 Å². The van der Waals surface area contributed by atoms with Gasteiger partial charge < -0.3 is 5.11 Å². The van der Waals surface area contributed by atoms with Crippen molar-refractivity contribution >= 4 is 0 Å². The van der Waals surface area contributed by atoms with E-state index in [9.17, 15) is 5.11 Å². The second-order valence-electron chi connectivity index (χ2n) is 5.26. The van der Waals surface area contributed by atoms with Gasteiger partial charge in [-0.25, -0.2) is 0 Å². The number of hydrogen-bond donors (Lipinski definition) is 1. The fraction of sp³-hybridized carbons (Fsp3) is 1.00. The van der Waals surface area contributed by atoms with Gasteiger partial charge in [-0.2, -0.15) is 0 Å². The Hall–Kier alpha value is -0.0400. The lowest BCUT2D eigenvalue weighted by molar-refractivity contribution is 0.0376. The van der Waals surface area contributed by atoms with Crippen LogP contribution >= 0.6 is 0 Å². The Morgan fingerprint density at radius 1 is 0.846 bits per heavy atom. The fourth-order valence-electron chi connectivity index (χ4n) is 2.30. The molecule has 1 heteroatoms. The predicted molar refractivity (Wildman–Crippen MR) is 58.6 cm³/mol. The molecule has 0 amide bonds. The van der Waals surface area contributed by atoms with Crippen LogP contribution in [0.1, 0.15) is 48.0 Å². The molecule has 1 atom stereocenters. The van der Waals surface area contributed by atoms with E-state index >= 15 is 0 Å². The van der Waals surface area contributed by atoms with Gasteiger partial charge in [-0.1, -0.05) is 41.5 Å². The standard InChI is InChI=1S/C12H26O/c1-8(2)7-11(13)12(9(3)4)10(5)6/h8-13H,7H2,1-6H3/t11-/m0/s1. The largest absolute Gasteiger partial charge is 0.393 e. The highest BCUT2D eigenvalue weighted by atomic mass is 16.3. The van der Waals surface area contributed by atoms with Gasteiger partial charge in [-0.3, -0.25) is 0 Å². The van der Waals surface area contributed by atoms with Crippen LogP contribution in [0.4, 0.5) is 0 Å². The van der Waals surface area contributed by atoms with Crippen LogP contribution in [0, 0.1) is 23.7 Å². The van der Waals surface area contributed by atoms with Crippen LogP contribution in [0.3, 0.4) is 0 Å². The average Bonchev–Trinajstić information content (AvgIpc) is 1.81. The van der Waals surface area contributed by atoms with Crippen molar-refractivity contribution < 1.29 is 5.11 Å². The van der Waals surface area contributed by atoms with E-state index in [1.165, 1.54) is 0 Å². The lowest BCUT2D eigenvalue weighted by Crippen LogP contribution is -2.30. The zero-order chi connectivity index (χ0) is 10.6. The second-order valence-corrected chi connectivity index (χ2v) is 5.26. The Morgan fingerprint density at radius 3 is 1.46 bits per heavy atom. The Labute approximate surface area is 83.5 Å². The summed E-state index contributed by atoms with van der Waals surface area (Å²) in [5.74, 6) is 2.19. The van der Waals surface area contributed by atoms with Crippen LogP contribution in [0.15, 0.2) is 0 Å². The summed E-state index contributed by atoms with van der Waals surface area (Å²) in [5, 5.41) is 10.0. The van der Waals surface area contributed by atoms with Gasteiger partial charge in [0.25, 0.3) is 0 Å². The van der Waals surface area contributed by atoms with Crippen molar-refractivity contribution in [3.8, 4) is 0 Å². The number of aliphatic hydroxyl groups is 1. The summed E-state index contributed by atoms with van der Waals surface area (Å²) < 4.78 is 0. The maximum absolute atomic E-state index is 10.0. The molecule has 0 aromatic carbocycles. The van der Waals surface area contributed by atoms with E-state index < -0.39 is 0 Å². The first-order valence-electron chi connectivity index (χ1n) is 5.54. The highest BCUT2D eigenvalue weighted by molar-refractivity contribution is 4.75. The van der Waals surface area contributed by atoms with Gasteiger partial charge in [0, 0.05) is 0 Å². The summed E-state index contributed by atoms with van der Waals surface area (Å²) in [6.07, 6.45) is 0.807. The summed E-state index contributed by atoms with van der Waals surface area (Å²) >= 11 is 0. The van der Waals surface area contributed by atoms with Crippen molar-refractivity contribution in [2.24, 2.45) is 23.7 Å². The topological polar surface area (TPSA) is 20.2 Å². The Bertz CT molecular complexity index is 119. The van der Waals surface area contributed by atoms with Crippen molar-refractivity contribution in [2.45, 2.75) is 54.1 Å². The third-order valence-corrected chi connectivity index (χ3v) is 2.70. The van der Waals surface area contributed by atoms with E-state index in [1.807, 2.05) is 0 Å². The minimum absolute atomic E-state index is 0.125. The lowest BCUT2D eigenvalue weighted by Gasteiger charge is -2.30. The molecule has 0 aliphatic rings. The summed E-state index contributed by atoms with van der Waals surface area (Å²) in [6, 6.07) is 0. The molecule has 0 aromatic rings. The monoisotopic (exact) mass is 186 g/mol. The summed E-state index contributed by atoms with van der Waals surface area (Å²) in [4.78, 5) is 0. The van der Waals surface area contributed by atoms with Crippen molar-refractivity contribution in [3.63, 3.8) is 0 Å². The summed E-state index contributed by atoms with van der Waals surface area (Å²) in [6.45, 7) is 13.1. The highest BCUT2D eigenvalue weighted by Crippen LogP contribution is 2.27. The molecule has 0 saturated heterocycles. The molecular formula is C12H26O. The van der Waals surface area contributed by atoms with E-state index in [1.54, 1.807) is 0 Å². The van der Waals surface area contributed by atoms with Gasteiger partial charge in [-0.15, -0.1) is 0 Å². The van der Waals surface area contributed by atoms with E-state index in [4.69, 9.17) is 0 Å². The van der Waals surface area contributed by atoms with Crippen molar-refractivity contribution in [3.05, 3.63) is 0 Å². The molecule has 13 heavy (non-hydrogen) atoms. The third-order valence-electron chi connectivity index (χ3n) is 2.70. The molecule has 0 bridgehead atoms. The lowest BCUT2D eigenvalue weighted by atomic mass is 9.79. The highest BCUT2D eigenvalue weighted by Gasteiger charge is 2.25. The van der Waals surface area contributed by atoms with Crippen LogP contribution in [0.25, 0.3) is 0 Å². The van der Waals surface area contributed by atoms with Gasteiger partial charge in [-0.05, 0) is 30.1 Å². The summed E-state index contributed by atoms with van der Waals surface area (Å²) in [7, 11) is 0. The molecule has 0 rings (SSSR count). The molecule has 0 aliphatic heterocycles. The number of hydrogen-bond acceptors (Lipinski definition) is 1. The Kier molecular flexibility index (Phi) is 5.62. The molecule has 0 aliphatic carbocycles. The fourth-order valence-corrected chi connectivity index (χ4v) is 2.30. The molecule has 1 nitrogen and oxygen atoms in total. The predicted octanol–water partition coefficient (Wildman–Crippen LogP) is 3.32. The first-order valence-corrected chi connectivity index (χ1v) is 5.54. The van der Waals surface area contributed by atoms with Crippen molar-refractivity contribution in [1.82, 2.24) is 0 Å². The molecular weight excluding hydrogens is 160 g/mol. The minimum Gasteiger partial charge on any atom is -0.393 e. The quantitative estimate of drug-likeness (QED) is 0.698. The zero-order valence-electron chi connectivity index (χ0n) is 10.0. The third kappa shape index (κ3) is 4.66. The Morgan fingerprint density at radius 2 is 1.23 bits per heavy atom. The number of aliphatic hydroxyl groups excluding tert-OH is 1. The van der Waals surface area contributed by atoms with Gasteiger partial charge >= 0.3 is 0 Å². The molecule has 0 radical (unpaired) electrons. The molecule has 1 N–H and O–H groups in total. The van der Waals surface area contributed by atoms with E-state index in [0.717, 1.165) is 6.42 Å². The second kappa shape index (κ2) is 5.64.